The molecule has 1 saturated carbocycles. The predicted molar refractivity (Wildman–Crippen MR) is 89.8 cm³/mol. The summed E-state index contributed by atoms with van der Waals surface area (Å²) in [4.78, 5) is 4.79. The van der Waals surface area contributed by atoms with Crippen LogP contribution in [0.2, 0.25) is 0 Å². The molecule has 0 aliphatic heterocycles. The zero-order valence-electron chi connectivity index (χ0n) is 14.2. The third kappa shape index (κ3) is 4.05. The summed E-state index contributed by atoms with van der Waals surface area (Å²) in [6.45, 7) is 10.9. The van der Waals surface area contributed by atoms with Crippen molar-refractivity contribution in [2.75, 3.05) is 20.3 Å². The number of methoxy groups -OCH3 is 1. The summed E-state index contributed by atoms with van der Waals surface area (Å²) in [7, 11) is 1.76. The minimum absolute atomic E-state index is 0.0687. The number of rotatable bonds is 5. The Morgan fingerprint density at radius 3 is 2.52 bits per heavy atom. The van der Waals surface area contributed by atoms with Crippen molar-refractivity contribution < 1.29 is 4.74 Å². The molecule has 1 heterocycles. The molecule has 0 aromatic carbocycles. The fraction of sp³-hybridized carbons (Fsp3) is 0.824. The lowest BCUT2D eigenvalue weighted by Crippen LogP contribution is -2.47. The average molecular weight is 311 g/mol. The van der Waals surface area contributed by atoms with E-state index in [2.05, 4.69) is 38.4 Å². The number of ether oxygens (including phenoxy) is 1. The maximum atomic E-state index is 5.21. The normalized spacial score (nSPS) is 27.0. The molecule has 0 amide bonds. The van der Waals surface area contributed by atoms with Crippen molar-refractivity contribution in [2.24, 2.45) is 11.3 Å². The molecular formula is C17H30N2OS. The highest BCUT2D eigenvalue weighted by Crippen LogP contribution is 2.46. The number of nitrogens with zero attached hydrogens (tertiary/aromatic N) is 1. The first-order valence-electron chi connectivity index (χ1n) is 8.04. The SMILES string of the molecule is COCCNC1(c2nc(C)cs2)CCC(C(C)(C)C)CC1. The van der Waals surface area contributed by atoms with Crippen LogP contribution in [0.1, 0.15) is 57.2 Å². The van der Waals surface area contributed by atoms with Gasteiger partial charge in [0.25, 0.3) is 0 Å². The molecule has 4 heteroatoms. The van der Waals surface area contributed by atoms with Crippen LogP contribution in [-0.4, -0.2) is 25.2 Å². The number of nitrogens with one attached hydrogen (secondary N) is 1. The third-order valence-electron chi connectivity index (χ3n) is 4.86. The van der Waals surface area contributed by atoms with Crippen molar-refractivity contribution in [1.82, 2.24) is 10.3 Å². The highest BCUT2D eigenvalue weighted by molar-refractivity contribution is 7.09. The van der Waals surface area contributed by atoms with Gasteiger partial charge >= 0.3 is 0 Å². The minimum atomic E-state index is 0.0687. The van der Waals surface area contributed by atoms with Gasteiger partial charge in [-0.15, -0.1) is 11.3 Å². The van der Waals surface area contributed by atoms with Gasteiger partial charge in [0.05, 0.1) is 12.1 Å². The number of thiazole rings is 1. The average Bonchev–Trinajstić information content (AvgIpc) is 2.86. The molecule has 0 atom stereocenters. The molecule has 120 valence electrons. The Kier molecular flexibility index (Phi) is 5.44. The topological polar surface area (TPSA) is 34.1 Å². The molecule has 0 radical (unpaired) electrons. The van der Waals surface area contributed by atoms with Gasteiger partial charge in [-0.2, -0.15) is 0 Å². The summed E-state index contributed by atoms with van der Waals surface area (Å²) in [5, 5.41) is 7.20. The Hall–Kier alpha value is -0.450. The predicted octanol–water partition coefficient (Wildman–Crippen LogP) is 4.12. The monoisotopic (exact) mass is 310 g/mol. The van der Waals surface area contributed by atoms with Gasteiger partial charge in [0, 0.05) is 24.7 Å². The van der Waals surface area contributed by atoms with Gasteiger partial charge < -0.3 is 10.1 Å². The van der Waals surface area contributed by atoms with E-state index < -0.39 is 0 Å². The molecule has 1 aliphatic rings. The standard InChI is InChI=1S/C17H30N2OS/c1-13-12-21-15(19-13)17(18-10-11-20-5)8-6-14(7-9-17)16(2,3)4/h12,14,18H,6-11H2,1-5H3. The van der Waals surface area contributed by atoms with E-state index in [0.29, 0.717) is 5.41 Å². The molecule has 21 heavy (non-hydrogen) atoms. The van der Waals surface area contributed by atoms with E-state index in [1.807, 2.05) is 11.3 Å². The number of hydrogen-bond acceptors (Lipinski definition) is 4. The second-order valence-electron chi connectivity index (χ2n) is 7.44. The Bertz CT molecular complexity index is 442. The Morgan fingerprint density at radius 1 is 1.38 bits per heavy atom. The van der Waals surface area contributed by atoms with Crippen LogP contribution in [-0.2, 0) is 10.3 Å². The fourth-order valence-corrected chi connectivity index (χ4v) is 4.44. The van der Waals surface area contributed by atoms with Crippen molar-refractivity contribution in [3.63, 3.8) is 0 Å². The Morgan fingerprint density at radius 2 is 2.05 bits per heavy atom. The minimum Gasteiger partial charge on any atom is -0.383 e. The van der Waals surface area contributed by atoms with E-state index >= 15 is 0 Å². The maximum Gasteiger partial charge on any atom is 0.113 e. The lowest BCUT2D eigenvalue weighted by atomic mass is 9.67. The Balaban J connectivity index is 2.12. The number of aryl methyl sites for hydroxylation is 1. The van der Waals surface area contributed by atoms with Crippen molar-refractivity contribution in [1.29, 1.82) is 0 Å². The van der Waals surface area contributed by atoms with Crippen molar-refractivity contribution in [2.45, 2.75) is 58.9 Å². The number of aromatic nitrogens is 1. The molecule has 1 aliphatic carbocycles. The van der Waals surface area contributed by atoms with Gasteiger partial charge in [-0.1, -0.05) is 20.8 Å². The molecular weight excluding hydrogens is 280 g/mol. The van der Waals surface area contributed by atoms with E-state index in [0.717, 1.165) is 24.8 Å². The van der Waals surface area contributed by atoms with Crippen molar-refractivity contribution in [3.05, 3.63) is 16.1 Å². The van der Waals surface area contributed by atoms with E-state index in [1.165, 1.54) is 30.7 Å². The van der Waals surface area contributed by atoms with Crippen molar-refractivity contribution in [3.8, 4) is 0 Å². The van der Waals surface area contributed by atoms with Gasteiger partial charge in [0.2, 0.25) is 0 Å². The first kappa shape index (κ1) is 16.9. The Labute approximate surface area is 133 Å². The highest BCUT2D eigenvalue weighted by Gasteiger charge is 2.41. The van der Waals surface area contributed by atoms with Crippen LogP contribution in [0.5, 0.6) is 0 Å². The molecule has 0 unspecified atom stereocenters. The van der Waals surface area contributed by atoms with E-state index in [1.54, 1.807) is 7.11 Å². The second-order valence-corrected chi connectivity index (χ2v) is 8.29. The summed E-state index contributed by atoms with van der Waals surface area (Å²) in [6, 6.07) is 0. The number of hydrogen-bond donors (Lipinski definition) is 1. The van der Waals surface area contributed by atoms with Gasteiger partial charge in [0.15, 0.2) is 0 Å². The summed E-state index contributed by atoms with van der Waals surface area (Å²) in [5.41, 5.74) is 1.62. The smallest absolute Gasteiger partial charge is 0.113 e. The van der Waals surface area contributed by atoms with Crippen molar-refractivity contribution >= 4 is 11.3 Å². The second kappa shape index (κ2) is 6.76. The van der Waals surface area contributed by atoms with Crippen LogP contribution in [0, 0.1) is 18.3 Å². The molecule has 2 rings (SSSR count). The first-order valence-corrected chi connectivity index (χ1v) is 8.92. The highest BCUT2D eigenvalue weighted by atomic mass is 32.1. The lowest BCUT2D eigenvalue weighted by Gasteiger charge is -2.43. The van der Waals surface area contributed by atoms with Gasteiger partial charge in [0.1, 0.15) is 5.01 Å². The maximum absolute atomic E-state index is 5.21. The summed E-state index contributed by atoms with van der Waals surface area (Å²) >= 11 is 1.81. The third-order valence-corrected chi connectivity index (χ3v) is 6.03. The lowest BCUT2D eigenvalue weighted by molar-refractivity contribution is 0.104. The molecule has 1 fully saturated rings. The zero-order valence-corrected chi connectivity index (χ0v) is 15.0. The van der Waals surface area contributed by atoms with Gasteiger partial charge in [-0.3, -0.25) is 0 Å². The van der Waals surface area contributed by atoms with Gasteiger partial charge in [-0.25, -0.2) is 4.98 Å². The van der Waals surface area contributed by atoms with Crippen LogP contribution < -0.4 is 5.32 Å². The van der Waals surface area contributed by atoms with Crippen LogP contribution in [0.3, 0.4) is 0 Å². The van der Waals surface area contributed by atoms with E-state index in [-0.39, 0.29) is 5.54 Å². The molecule has 1 aromatic heterocycles. The van der Waals surface area contributed by atoms with E-state index in [4.69, 9.17) is 9.72 Å². The van der Waals surface area contributed by atoms with Crippen LogP contribution >= 0.6 is 11.3 Å². The molecule has 1 aromatic rings. The molecule has 3 nitrogen and oxygen atoms in total. The van der Waals surface area contributed by atoms with Crippen LogP contribution in [0.15, 0.2) is 5.38 Å². The summed E-state index contributed by atoms with van der Waals surface area (Å²) < 4.78 is 5.21. The van der Waals surface area contributed by atoms with Gasteiger partial charge in [-0.05, 0) is 43.9 Å². The molecule has 0 spiro atoms. The summed E-state index contributed by atoms with van der Waals surface area (Å²) in [5.74, 6) is 0.816. The fourth-order valence-electron chi connectivity index (χ4n) is 3.41. The largest absolute Gasteiger partial charge is 0.383 e. The quantitative estimate of drug-likeness (QED) is 0.831. The zero-order chi connectivity index (χ0) is 15.5. The summed E-state index contributed by atoms with van der Waals surface area (Å²) in [6.07, 6.45) is 4.93. The van der Waals surface area contributed by atoms with Crippen LogP contribution in [0.25, 0.3) is 0 Å². The molecule has 0 bridgehead atoms. The van der Waals surface area contributed by atoms with E-state index in [9.17, 15) is 0 Å². The first-order chi connectivity index (χ1) is 9.87. The molecule has 0 saturated heterocycles. The van der Waals surface area contributed by atoms with Crippen LogP contribution in [0.4, 0.5) is 0 Å². The molecule has 1 N–H and O–H groups in total.